The minimum Gasteiger partial charge on any atom is -0.505 e. The second-order valence-electron chi connectivity index (χ2n) is 9.61. The molecule has 42 heavy (non-hydrogen) atoms. The number of carbonyl (C=O) groups excluding carboxylic acids is 2. The number of halogens is 1. The van der Waals surface area contributed by atoms with Crippen LogP contribution in [0.4, 0.5) is 5.13 Å². The predicted molar refractivity (Wildman–Crippen MR) is 163 cm³/mol. The van der Waals surface area contributed by atoms with Crippen LogP contribution in [0, 0.1) is 13.8 Å². The Bertz CT molecular complexity index is 1900. The molecule has 1 aliphatic heterocycles. The van der Waals surface area contributed by atoms with Crippen LogP contribution in [0.2, 0.25) is 5.02 Å². The molecular formula is C30H24ClN5O4S2. The van der Waals surface area contributed by atoms with Crippen LogP contribution in [-0.4, -0.2) is 43.5 Å². The first-order chi connectivity index (χ1) is 20.3. The zero-order chi connectivity index (χ0) is 29.5. The average Bonchev–Trinajstić information content (AvgIpc) is 3.67. The van der Waals surface area contributed by atoms with Crippen LogP contribution >= 0.6 is 34.7 Å². The summed E-state index contributed by atoms with van der Waals surface area (Å²) in [5, 5.41) is 21.1. The Labute approximate surface area is 254 Å². The molecule has 1 fully saturated rings. The number of pyridine rings is 1. The summed E-state index contributed by atoms with van der Waals surface area (Å²) in [6.07, 6.45) is 1.84. The van der Waals surface area contributed by atoms with Crippen LogP contribution in [0.25, 0.3) is 11.4 Å². The molecule has 6 rings (SSSR count). The number of aliphatic hydroxyl groups is 1. The highest BCUT2D eigenvalue weighted by molar-refractivity contribution is 8.00. The molecule has 5 aromatic rings. The summed E-state index contributed by atoms with van der Waals surface area (Å²) >= 11 is 8.91. The number of Topliss-reactive ketones (excluding diaryl/α,β-unsaturated/α-hetero) is 1. The zero-order valence-corrected chi connectivity index (χ0v) is 25.1. The van der Waals surface area contributed by atoms with Crippen LogP contribution in [0.1, 0.15) is 34.1 Å². The molecule has 1 saturated heterocycles. The number of benzene rings is 2. The average molecular weight is 618 g/mol. The van der Waals surface area contributed by atoms with Crippen molar-refractivity contribution in [2.75, 3.05) is 12.0 Å². The van der Waals surface area contributed by atoms with E-state index < -0.39 is 17.7 Å². The van der Waals surface area contributed by atoms with Gasteiger partial charge in [0, 0.05) is 17.0 Å². The summed E-state index contributed by atoms with van der Waals surface area (Å²) in [5.41, 5.74) is 3.83. The summed E-state index contributed by atoms with van der Waals surface area (Å²) in [7, 11) is 1.53. The molecule has 4 heterocycles. The highest BCUT2D eigenvalue weighted by atomic mass is 35.5. The molecule has 0 spiro atoms. The summed E-state index contributed by atoms with van der Waals surface area (Å²) in [6.45, 7) is 3.72. The molecule has 0 radical (unpaired) electrons. The number of ether oxygens (including phenoxy) is 1. The molecule has 1 N–H and O–H groups in total. The van der Waals surface area contributed by atoms with Crippen LogP contribution < -0.4 is 9.64 Å². The summed E-state index contributed by atoms with van der Waals surface area (Å²) in [4.78, 5) is 33.2. The van der Waals surface area contributed by atoms with Gasteiger partial charge in [-0.25, -0.2) is 4.98 Å². The monoisotopic (exact) mass is 617 g/mol. The maximum atomic E-state index is 13.7. The Morgan fingerprint density at radius 2 is 1.90 bits per heavy atom. The van der Waals surface area contributed by atoms with Crippen molar-refractivity contribution in [1.29, 1.82) is 0 Å². The van der Waals surface area contributed by atoms with E-state index >= 15 is 0 Å². The normalized spacial score (nSPS) is 16.5. The van der Waals surface area contributed by atoms with Gasteiger partial charge in [0.05, 0.1) is 24.4 Å². The molecule has 1 atom stereocenters. The lowest BCUT2D eigenvalue weighted by Gasteiger charge is -2.22. The number of rotatable bonds is 7. The van der Waals surface area contributed by atoms with Gasteiger partial charge in [-0.3, -0.25) is 14.5 Å². The number of amides is 1. The maximum Gasteiger partial charge on any atom is 0.301 e. The van der Waals surface area contributed by atoms with Crippen molar-refractivity contribution in [2.45, 2.75) is 30.0 Å². The Kier molecular flexibility index (Phi) is 7.48. The lowest BCUT2D eigenvalue weighted by atomic mass is 9.96. The van der Waals surface area contributed by atoms with Gasteiger partial charge in [-0.05, 0) is 54.8 Å². The van der Waals surface area contributed by atoms with Crippen molar-refractivity contribution in [3.63, 3.8) is 0 Å². The molecule has 3 aromatic heterocycles. The number of anilines is 1. The van der Waals surface area contributed by atoms with Gasteiger partial charge in [0.15, 0.2) is 10.1 Å². The topological polar surface area (TPSA) is 110 Å². The number of methoxy groups -OCH3 is 1. The summed E-state index contributed by atoms with van der Waals surface area (Å²) in [6, 6.07) is 17.4. The van der Waals surface area contributed by atoms with Gasteiger partial charge in [-0.1, -0.05) is 71.1 Å². The van der Waals surface area contributed by atoms with E-state index in [1.165, 1.54) is 35.1 Å². The molecule has 212 valence electrons. The molecule has 2 aromatic carbocycles. The SMILES string of the molecule is COc1cccc(C2/C(=C(\O)c3nc4c(C)cccn4c3C)C(=O)C(=O)N2c2nnc(SCc3ccccc3Cl)s2)c1. The van der Waals surface area contributed by atoms with Crippen LogP contribution in [0.3, 0.4) is 0 Å². The predicted octanol–water partition coefficient (Wildman–Crippen LogP) is 6.38. The van der Waals surface area contributed by atoms with Crippen molar-refractivity contribution >= 4 is 62.9 Å². The van der Waals surface area contributed by atoms with E-state index in [9.17, 15) is 14.7 Å². The van der Waals surface area contributed by atoms with E-state index in [0.29, 0.717) is 37.8 Å². The van der Waals surface area contributed by atoms with Crippen molar-refractivity contribution in [3.8, 4) is 5.75 Å². The number of aromatic nitrogens is 4. The smallest absolute Gasteiger partial charge is 0.301 e. The fraction of sp³-hybridized carbons (Fsp3) is 0.167. The number of hydrogen-bond acceptors (Lipinski definition) is 9. The van der Waals surface area contributed by atoms with Crippen molar-refractivity contribution in [3.05, 3.63) is 106 Å². The maximum absolute atomic E-state index is 13.7. The number of nitrogens with zero attached hydrogens (tertiary/aromatic N) is 5. The third-order valence-corrected chi connectivity index (χ3v) is 9.55. The quantitative estimate of drug-likeness (QED) is 0.0736. The number of carbonyl (C=O) groups is 2. The number of aliphatic hydroxyl groups excluding tert-OH is 1. The second-order valence-corrected chi connectivity index (χ2v) is 12.2. The standard InChI is InChI=1S/C30H24ClN5O4S2/c1-16-8-7-13-35-17(2)23(32-27(16)35)25(37)22-24(18-10-6-11-20(14-18)40-3)36(28(39)26(22)38)29-33-34-30(42-29)41-15-19-9-4-5-12-21(19)31/h4-14,24,37H,15H2,1-3H3/b25-22+. The Morgan fingerprint density at radius 3 is 2.67 bits per heavy atom. The van der Waals surface area contributed by atoms with Gasteiger partial charge < -0.3 is 14.2 Å². The number of hydrogen-bond donors (Lipinski definition) is 1. The van der Waals surface area contributed by atoms with E-state index in [1.807, 2.05) is 53.9 Å². The number of aryl methyl sites for hydroxylation is 2. The van der Waals surface area contributed by atoms with Gasteiger partial charge >= 0.3 is 5.91 Å². The lowest BCUT2D eigenvalue weighted by molar-refractivity contribution is -0.132. The minimum absolute atomic E-state index is 0.0853. The summed E-state index contributed by atoms with van der Waals surface area (Å²) < 4.78 is 7.87. The number of ketones is 1. The van der Waals surface area contributed by atoms with Crippen molar-refractivity contribution in [1.82, 2.24) is 19.6 Å². The second kappa shape index (κ2) is 11.2. The fourth-order valence-corrected chi connectivity index (χ4v) is 7.10. The first kappa shape index (κ1) is 28.0. The molecule has 1 unspecified atom stereocenters. The minimum atomic E-state index is -0.986. The van der Waals surface area contributed by atoms with Gasteiger partial charge in [0.2, 0.25) is 5.13 Å². The number of fused-ring (bicyclic) bond motifs is 1. The Morgan fingerprint density at radius 1 is 1.10 bits per heavy atom. The summed E-state index contributed by atoms with van der Waals surface area (Å²) in [5.74, 6) is -0.929. The van der Waals surface area contributed by atoms with E-state index in [2.05, 4.69) is 15.2 Å². The largest absolute Gasteiger partial charge is 0.505 e. The van der Waals surface area contributed by atoms with E-state index in [-0.39, 0.29) is 22.2 Å². The molecule has 1 aliphatic rings. The third-order valence-electron chi connectivity index (χ3n) is 7.07. The van der Waals surface area contributed by atoms with Crippen LogP contribution in [-0.2, 0) is 15.3 Å². The molecule has 9 nitrogen and oxygen atoms in total. The van der Waals surface area contributed by atoms with E-state index in [4.69, 9.17) is 16.3 Å². The molecular weight excluding hydrogens is 594 g/mol. The zero-order valence-electron chi connectivity index (χ0n) is 22.7. The van der Waals surface area contributed by atoms with Gasteiger partial charge in [-0.2, -0.15) is 0 Å². The molecule has 0 aliphatic carbocycles. The van der Waals surface area contributed by atoms with Crippen LogP contribution in [0.5, 0.6) is 5.75 Å². The Balaban J connectivity index is 1.45. The Hall–Kier alpha value is -4.19. The molecule has 0 saturated carbocycles. The first-order valence-electron chi connectivity index (χ1n) is 12.9. The van der Waals surface area contributed by atoms with Gasteiger partial charge in [0.25, 0.3) is 5.78 Å². The lowest BCUT2D eigenvalue weighted by Crippen LogP contribution is -2.29. The fourth-order valence-electron chi connectivity index (χ4n) is 4.94. The van der Waals surface area contributed by atoms with Gasteiger partial charge in [-0.15, -0.1) is 10.2 Å². The molecule has 1 amide bonds. The highest BCUT2D eigenvalue weighted by Gasteiger charge is 2.49. The third kappa shape index (κ3) is 4.83. The highest BCUT2D eigenvalue weighted by Crippen LogP contribution is 2.45. The number of thioether (sulfide) groups is 1. The van der Waals surface area contributed by atoms with Gasteiger partial charge in [0.1, 0.15) is 17.1 Å². The first-order valence-corrected chi connectivity index (χ1v) is 15.1. The number of imidazole rings is 1. The van der Waals surface area contributed by atoms with Crippen molar-refractivity contribution < 1.29 is 19.4 Å². The van der Waals surface area contributed by atoms with Crippen LogP contribution in [0.15, 0.2) is 76.8 Å². The molecule has 0 bridgehead atoms. The van der Waals surface area contributed by atoms with Crippen molar-refractivity contribution in [2.24, 2.45) is 0 Å². The molecule has 12 heteroatoms. The van der Waals surface area contributed by atoms with E-state index in [0.717, 1.165) is 11.1 Å². The van der Waals surface area contributed by atoms with E-state index in [1.54, 1.807) is 31.2 Å².